The van der Waals surface area contributed by atoms with Crippen molar-refractivity contribution in [1.82, 2.24) is 24.6 Å². The molecule has 0 spiro atoms. The van der Waals surface area contributed by atoms with E-state index in [1.807, 2.05) is 18.1 Å². The van der Waals surface area contributed by atoms with Crippen LogP contribution in [0.3, 0.4) is 0 Å². The topological polar surface area (TPSA) is 76.4 Å². The largest absolute Gasteiger partial charge is 0.484 e. The molecular weight excluding hydrogens is 418 g/mol. The molecule has 0 saturated carbocycles. The smallest absolute Gasteiger partial charge is 0.219 e. The lowest BCUT2D eigenvalue weighted by atomic mass is 10.1. The van der Waals surface area contributed by atoms with Gasteiger partial charge in [-0.15, -0.1) is 0 Å². The third kappa shape index (κ3) is 3.76. The number of hydrogen-bond acceptors (Lipinski definition) is 6. The summed E-state index contributed by atoms with van der Waals surface area (Å²) in [6.07, 6.45) is 3.99. The van der Waals surface area contributed by atoms with Crippen LogP contribution in [0.5, 0.6) is 5.75 Å². The van der Waals surface area contributed by atoms with Crippen LogP contribution in [0.4, 0.5) is 14.6 Å². The average molecular weight is 440 g/mol. The number of carbonyl (C=O) groups excluding carboxylic acids is 1. The Bertz CT molecular complexity index is 1190. The van der Waals surface area contributed by atoms with Gasteiger partial charge >= 0.3 is 0 Å². The first-order chi connectivity index (χ1) is 15.4. The Balaban J connectivity index is 1.40. The highest BCUT2D eigenvalue weighted by molar-refractivity contribution is 5.75. The Hall–Kier alpha value is -3.56. The molecule has 10 heteroatoms. The molecule has 0 unspecified atom stereocenters. The highest BCUT2D eigenvalue weighted by atomic mass is 19.1. The van der Waals surface area contributed by atoms with Crippen LogP contribution in [-0.4, -0.2) is 56.3 Å². The first-order valence-electron chi connectivity index (χ1n) is 10.4. The molecule has 0 N–H and O–H groups in total. The normalized spacial score (nSPS) is 16.0. The number of amides is 1. The summed E-state index contributed by atoms with van der Waals surface area (Å²) in [6.45, 7) is 3.59. The molecule has 0 radical (unpaired) electrons. The number of rotatable bonds is 4. The standard InChI is InChI=1S/C22H22F2N6O2/c1-13(31)29-6-5-18-19(12-29)26-21(14-8-25-28(2)9-14)22(27-18)30-10-16(11-30)32-20-4-3-15(23)7-17(20)24/h3-4,7-9,16H,5-6,10-12H2,1-2H3. The number of aromatic nitrogens is 4. The number of halogens is 2. The van der Waals surface area contributed by atoms with Gasteiger partial charge in [0.05, 0.1) is 37.2 Å². The van der Waals surface area contributed by atoms with Crippen molar-refractivity contribution >= 4 is 11.7 Å². The second-order valence-electron chi connectivity index (χ2n) is 8.10. The highest BCUT2D eigenvalue weighted by Crippen LogP contribution is 2.33. The second kappa shape index (κ2) is 7.85. The van der Waals surface area contributed by atoms with Crippen LogP contribution in [0.2, 0.25) is 0 Å². The Kier molecular flexibility index (Phi) is 4.99. The van der Waals surface area contributed by atoms with Crippen LogP contribution in [0.25, 0.3) is 11.3 Å². The molecule has 166 valence electrons. The number of fused-ring (bicyclic) bond motifs is 1. The lowest BCUT2D eigenvalue weighted by Crippen LogP contribution is -2.54. The fourth-order valence-corrected chi connectivity index (χ4v) is 3.98. The van der Waals surface area contributed by atoms with Crippen molar-refractivity contribution in [2.75, 3.05) is 24.5 Å². The van der Waals surface area contributed by atoms with Crippen LogP contribution < -0.4 is 9.64 Å². The number of benzene rings is 1. The van der Waals surface area contributed by atoms with Gasteiger partial charge in [-0.05, 0) is 12.1 Å². The minimum atomic E-state index is -0.719. The molecule has 3 aromatic rings. The molecule has 2 aliphatic heterocycles. The molecular formula is C22H22F2N6O2. The summed E-state index contributed by atoms with van der Waals surface area (Å²) in [5.41, 5.74) is 3.18. The van der Waals surface area contributed by atoms with Crippen LogP contribution in [0.15, 0.2) is 30.6 Å². The minimum absolute atomic E-state index is 0.0141. The second-order valence-corrected chi connectivity index (χ2v) is 8.10. The number of hydrogen-bond donors (Lipinski definition) is 0. The van der Waals surface area contributed by atoms with Crippen LogP contribution >= 0.6 is 0 Å². The van der Waals surface area contributed by atoms with E-state index < -0.39 is 11.6 Å². The van der Waals surface area contributed by atoms with Crippen molar-refractivity contribution in [2.45, 2.75) is 26.0 Å². The van der Waals surface area contributed by atoms with Gasteiger partial charge in [0.2, 0.25) is 5.91 Å². The molecule has 1 fully saturated rings. The number of ether oxygens (including phenoxy) is 1. The Morgan fingerprint density at radius 3 is 2.69 bits per heavy atom. The Morgan fingerprint density at radius 1 is 1.19 bits per heavy atom. The lowest BCUT2D eigenvalue weighted by Gasteiger charge is -2.41. The fourth-order valence-electron chi connectivity index (χ4n) is 3.98. The minimum Gasteiger partial charge on any atom is -0.484 e. The van der Waals surface area contributed by atoms with Gasteiger partial charge in [0, 0.05) is 44.8 Å². The molecule has 8 nitrogen and oxygen atoms in total. The summed E-state index contributed by atoms with van der Waals surface area (Å²) in [4.78, 5) is 25.4. The predicted molar refractivity (Wildman–Crippen MR) is 112 cm³/mol. The van der Waals surface area contributed by atoms with Gasteiger partial charge in [-0.25, -0.2) is 18.7 Å². The van der Waals surface area contributed by atoms with Gasteiger partial charge in [-0.1, -0.05) is 0 Å². The number of nitrogens with zero attached hydrogens (tertiary/aromatic N) is 6. The van der Waals surface area contributed by atoms with E-state index in [1.165, 1.54) is 12.1 Å². The van der Waals surface area contributed by atoms with Gasteiger partial charge in [0.25, 0.3) is 0 Å². The molecule has 5 rings (SSSR count). The number of carbonyl (C=O) groups is 1. The van der Waals surface area contributed by atoms with Crippen LogP contribution in [0.1, 0.15) is 18.3 Å². The summed E-state index contributed by atoms with van der Waals surface area (Å²) in [5, 5.41) is 4.25. The summed E-state index contributed by atoms with van der Waals surface area (Å²) in [6, 6.07) is 3.29. The zero-order valence-corrected chi connectivity index (χ0v) is 17.8. The predicted octanol–water partition coefficient (Wildman–Crippen LogP) is 2.33. The Labute approximate surface area is 183 Å². The van der Waals surface area contributed by atoms with Crippen molar-refractivity contribution in [3.05, 3.63) is 53.6 Å². The maximum absolute atomic E-state index is 13.9. The van der Waals surface area contributed by atoms with Crippen molar-refractivity contribution in [1.29, 1.82) is 0 Å². The highest BCUT2D eigenvalue weighted by Gasteiger charge is 2.34. The van der Waals surface area contributed by atoms with E-state index in [4.69, 9.17) is 14.7 Å². The first kappa shape index (κ1) is 20.3. The van der Waals surface area contributed by atoms with Crippen LogP contribution in [0, 0.1) is 11.6 Å². The van der Waals surface area contributed by atoms with Gasteiger partial charge in [-0.3, -0.25) is 9.48 Å². The molecule has 2 aliphatic rings. The molecule has 0 aliphatic carbocycles. The summed E-state index contributed by atoms with van der Waals surface area (Å²) in [7, 11) is 1.83. The van der Waals surface area contributed by atoms with Crippen molar-refractivity contribution in [3.63, 3.8) is 0 Å². The molecule has 1 saturated heterocycles. The quantitative estimate of drug-likeness (QED) is 0.620. The van der Waals surface area contributed by atoms with Gasteiger partial charge in [-0.2, -0.15) is 5.10 Å². The van der Waals surface area contributed by atoms with Gasteiger partial charge in [0.1, 0.15) is 17.6 Å². The van der Waals surface area contributed by atoms with E-state index in [-0.39, 0.29) is 17.8 Å². The van der Waals surface area contributed by atoms with E-state index in [0.29, 0.717) is 44.1 Å². The zero-order valence-electron chi connectivity index (χ0n) is 17.8. The fraction of sp³-hybridized carbons (Fsp3) is 0.364. The van der Waals surface area contributed by atoms with E-state index in [1.54, 1.807) is 22.7 Å². The number of anilines is 1. The third-order valence-corrected chi connectivity index (χ3v) is 5.75. The molecule has 0 bridgehead atoms. The maximum atomic E-state index is 13.9. The first-order valence-corrected chi connectivity index (χ1v) is 10.4. The average Bonchev–Trinajstić information content (AvgIpc) is 3.16. The molecule has 1 aromatic carbocycles. The zero-order chi connectivity index (χ0) is 22.4. The number of aryl methyl sites for hydroxylation is 1. The van der Waals surface area contributed by atoms with Crippen LogP contribution in [-0.2, 0) is 24.8 Å². The van der Waals surface area contributed by atoms with Crippen molar-refractivity contribution in [3.8, 4) is 17.0 Å². The molecule has 32 heavy (non-hydrogen) atoms. The molecule has 2 aromatic heterocycles. The maximum Gasteiger partial charge on any atom is 0.219 e. The summed E-state index contributed by atoms with van der Waals surface area (Å²) in [5.74, 6) is -0.598. The van der Waals surface area contributed by atoms with Crippen molar-refractivity contribution in [2.24, 2.45) is 7.05 Å². The SMILES string of the molecule is CC(=O)N1CCc2nc(N3CC(Oc4ccc(F)cc4F)C3)c(-c3cnn(C)c3)nc2C1. The molecule has 1 amide bonds. The molecule has 4 heterocycles. The van der Waals surface area contributed by atoms with Gasteiger partial charge in [0.15, 0.2) is 17.4 Å². The van der Waals surface area contributed by atoms with E-state index in [2.05, 4.69) is 5.10 Å². The third-order valence-electron chi connectivity index (χ3n) is 5.75. The van der Waals surface area contributed by atoms with E-state index in [0.717, 1.165) is 23.0 Å². The monoisotopic (exact) mass is 440 g/mol. The van der Waals surface area contributed by atoms with E-state index in [9.17, 15) is 13.6 Å². The van der Waals surface area contributed by atoms with E-state index >= 15 is 0 Å². The molecule has 0 atom stereocenters. The summed E-state index contributed by atoms with van der Waals surface area (Å²) >= 11 is 0. The van der Waals surface area contributed by atoms with Crippen molar-refractivity contribution < 1.29 is 18.3 Å². The van der Waals surface area contributed by atoms with Gasteiger partial charge < -0.3 is 14.5 Å². The Morgan fingerprint density at radius 2 is 2.00 bits per heavy atom. The summed E-state index contributed by atoms with van der Waals surface area (Å²) < 4.78 is 34.4. The lowest BCUT2D eigenvalue weighted by molar-refractivity contribution is -0.129.